The quantitative estimate of drug-likeness (QED) is 0.362. The van der Waals surface area contributed by atoms with Gasteiger partial charge in [-0.05, 0) is 85.8 Å². The molecule has 0 N–H and O–H groups in total. The Morgan fingerprint density at radius 1 is 0.733 bits per heavy atom. The van der Waals surface area contributed by atoms with Gasteiger partial charge in [0.15, 0.2) is 0 Å². The summed E-state index contributed by atoms with van der Waals surface area (Å²) in [5.74, 6) is 0. The largest absolute Gasteiger partial charge is 0.256 e. The van der Waals surface area contributed by atoms with Crippen LogP contribution in [-0.2, 0) is 11.8 Å². The van der Waals surface area contributed by atoms with E-state index in [1.165, 1.54) is 94.6 Å². The molecule has 0 spiro atoms. The van der Waals surface area contributed by atoms with Gasteiger partial charge in [-0.25, -0.2) is 0 Å². The molecule has 1 heteroatoms. The van der Waals surface area contributed by atoms with Gasteiger partial charge in [0, 0.05) is 11.8 Å². The van der Waals surface area contributed by atoms with Gasteiger partial charge in [0.05, 0.1) is 5.69 Å². The van der Waals surface area contributed by atoms with E-state index in [0.29, 0.717) is 10.8 Å². The van der Waals surface area contributed by atoms with Crippen molar-refractivity contribution in [2.24, 2.45) is 5.41 Å². The summed E-state index contributed by atoms with van der Waals surface area (Å²) < 4.78 is 0. The monoisotopic (exact) mass is 403 g/mol. The lowest BCUT2D eigenvalue weighted by Crippen LogP contribution is -2.44. The average Bonchev–Trinajstić information content (AvgIpc) is 2.81. The second-order valence-corrected chi connectivity index (χ2v) is 10.3. The zero-order valence-corrected chi connectivity index (χ0v) is 19.4. The lowest BCUT2D eigenvalue weighted by Gasteiger charge is -2.54. The highest BCUT2D eigenvalue weighted by Crippen LogP contribution is 2.59. The van der Waals surface area contributed by atoms with Crippen LogP contribution in [0.4, 0.5) is 0 Å². The van der Waals surface area contributed by atoms with Crippen LogP contribution in [0.15, 0.2) is 42.6 Å². The number of rotatable bonds is 10. The van der Waals surface area contributed by atoms with E-state index >= 15 is 0 Å². The molecule has 0 radical (unpaired) electrons. The van der Waals surface area contributed by atoms with Gasteiger partial charge in [-0.1, -0.05) is 76.3 Å². The predicted octanol–water partition coefficient (Wildman–Crippen LogP) is 8.65. The Hall–Kier alpha value is -1.63. The maximum atomic E-state index is 4.76. The molecule has 5 rings (SSSR count). The van der Waals surface area contributed by atoms with E-state index in [0.717, 1.165) is 12.1 Å². The van der Waals surface area contributed by atoms with Crippen molar-refractivity contribution in [3.8, 4) is 11.3 Å². The first-order valence-electron chi connectivity index (χ1n) is 12.7. The molecule has 0 atom stereocenters. The van der Waals surface area contributed by atoms with Crippen LogP contribution >= 0.6 is 0 Å². The maximum absolute atomic E-state index is 4.76. The van der Waals surface area contributed by atoms with Gasteiger partial charge >= 0.3 is 0 Å². The van der Waals surface area contributed by atoms with Gasteiger partial charge in [0.25, 0.3) is 0 Å². The molecule has 0 unspecified atom stereocenters. The van der Waals surface area contributed by atoms with Crippen LogP contribution in [-0.4, -0.2) is 4.98 Å². The maximum Gasteiger partial charge on any atom is 0.0702 e. The molecule has 30 heavy (non-hydrogen) atoms. The Morgan fingerprint density at radius 2 is 1.40 bits per heavy atom. The highest BCUT2D eigenvalue weighted by atomic mass is 14.7. The van der Waals surface area contributed by atoms with Crippen molar-refractivity contribution >= 4 is 0 Å². The van der Waals surface area contributed by atoms with Crippen molar-refractivity contribution in [3.05, 3.63) is 53.7 Å². The summed E-state index contributed by atoms with van der Waals surface area (Å²) in [6, 6.07) is 14.0. The van der Waals surface area contributed by atoms with Crippen molar-refractivity contribution in [3.63, 3.8) is 0 Å². The predicted molar refractivity (Wildman–Crippen MR) is 129 cm³/mol. The summed E-state index contributed by atoms with van der Waals surface area (Å²) >= 11 is 0. The van der Waals surface area contributed by atoms with Gasteiger partial charge in [-0.3, -0.25) is 4.98 Å². The number of fused-ring (bicyclic) bond motifs is 3. The molecular weight excluding hydrogens is 362 g/mol. The molecule has 3 aliphatic carbocycles. The van der Waals surface area contributed by atoms with Crippen molar-refractivity contribution < 1.29 is 0 Å². The third-order valence-electron chi connectivity index (χ3n) is 8.40. The van der Waals surface area contributed by atoms with Gasteiger partial charge in [-0.15, -0.1) is 0 Å². The first-order valence-corrected chi connectivity index (χ1v) is 12.7. The fourth-order valence-corrected chi connectivity index (χ4v) is 6.14. The fourth-order valence-electron chi connectivity index (χ4n) is 6.14. The normalized spacial score (nSPS) is 25.5. The number of aryl methyl sites for hydroxylation is 1. The summed E-state index contributed by atoms with van der Waals surface area (Å²) in [5.41, 5.74) is 6.48. The topological polar surface area (TPSA) is 12.9 Å². The summed E-state index contributed by atoms with van der Waals surface area (Å²) in [5, 5.41) is 0. The number of benzene rings is 1. The number of pyridine rings is 1. The zero-order valence-electron chi connectivity index (χ0n) is 19.4. The summed E-state index contributed by atoms with van der Waals surface area (Å²) in [4.78, 5) is 4.76. The van der Waals surface area contributed by atoms with E-state index in [4.69, 9.17) is 4.98 Å². The molecule has 2 aromatic rings. The smallest absolute Gasteiger partial charge is 0.0702 e. The van der Waals surface area contributed by atoms with Gasteiger partial charge < -0.3 is 0 Å². The van der Waals surface area contributed by atoms with E-state index in [1.807, 2.05) is 0 Å². The van der Waals surface area contributed by atoms with E-state index in [9.17, 15) is 0 Å². The van der Waals surface area contributed by atoms with E-state index in [1.54, 1.807) is 5.56 Å². The van der Waals surface area contributed by atoms with Gasteiger partial charge in [-0.2, -0.15) is 0 Å². The van der Waals surface area contributed by atoms with Crippen LogP contribution in [0.2, 0.25) is 0 Å². The van der Waals surface area contributed by atoms with Crippen LogP contribution < -0.4 is 0 Å². The molecular formula is C29H41N. The van der Waals surface area contributed by atoms with E-state index < -0.39 is 0 Å². The fraction of sp³-hybridized carbons (Fsp3) is 0.621. The number of hydrogen-bond donors (Lipinski definition) is 0. The molecule has 3 fully saturated rings. The SMILES string of the molecule is CCCCCc1ccc(-c2ccc(C34CCC(CCCCC)(CC3)CC4)cc2)nc1. The number of hydrogen-bond acceptors (Lipinski definition) is 1. The highest BCUT2D eigenvalue weighted by Gasteiger charge is 2.48. The molecule has 2 bridgehead atoms. The second-order valence-electron chi connectivity index (χ2n) is 10.3. The molecule has 0 saturated heterocycles. The molecule has 0 amide bonds. The van der Waals surface area contributed by atoms with Crippen molar-refractivity contribution in [2.75, 3.05) is 0 Å². The molecule has 1 aromatic carbocycles. The highest BCUT2D eigenvalue weighted by molar-refractivity contribution is 5.60. The van der Waals surface area contributed by atoms with Gasteiger partial charge in [0.1, 0.15) is 0 Å². The summed E-state index contributed by atoms with van der Waals surface area (Å²) in [7, 11) is 0. The van der Waals surface area contributed by atoms with Crippen molar-refractivity contribution in [2.45, 2.75) is 109 Å². The minimum Gasteiger partial charge on any atom is -0.256 e. The average molecular weight is 404 g/mol. The first kappa shape index (κ1) is 21.6. The lowest BCUT2D eigenvalue weighted by molar-refractivity contribution is 0.0305. The Bertz CT molecular complexity index is 762. The van der Waals surface area contributed by atoms with Crippen LogP contribution in [0.25, 0.3) is 11.3 Å². The molecule has 0 aliphatic heterocycles. The summed E-state index contributed by atoms with van der Waals surface area (Å²) in [6.07, 6.45) is 21.4. The van der Waals surface area contributed by atoms with Crippen molar-refractivity contribution in [1.29, 1.82) is 0 Å². The van der Waals surface area contributed by atoms with Gasteiger partial charge in [0.2, 0.25) is 0 Å². The molecule has 1 nitrogen and oxygen atoms in total. The minimum atomic E-state index is 0.460. The summed E-state index contributed by atoms with van der Waals surface area (Å²) in [6.45, 7) is 4.58. The second kappa shape index (κ2) is 9.67. The lowest BCUT2D eigenvalue weighted by atomic mass is 9.51. The zero-order chi connectivity index (χ0) is 20.9. The standard InChI is InChI=1S/C29H41N/c1-3-5-7-9-24-10-15-27(30-23-24)25-11-13-26(14-12-25)29-20-17-28(18-21-29,19-22-29)16-8-6-4-2/h10-15,23H,3-9,16-22H2,1-2H3. The Labute approximate surface area is 184 Å². The number of nitrogens with zero attached hydrogens (tertiary/aromatic N) is 1. The first-order chi connectivity index (χ1) is 14.7. The minimum absolute atomic E-state index is 0.460. The molecule has 3 saturated carbocycles. The molecule has 1 heterocycles. The molecule has 162 valence electrons. The van der Waals surface area contributed by atoms with E-state index in [-0.39, 0.29) is 0 Å². The van der Waals surface area contributed by atoms with E-state index in [2.05, 4.69) is 56.4 Å². The third kappa shape index (κ3) is 4.66. The Balaban J connectivity index is 1.39. The van der Waals surface area contributed by atoms with Crippen LogP contribution in [0, 0.1) is 5.41 Å². The number of aromatic nitrogens is 1. The third-order valence-corrected chi connectivity index (χ3v) is 8.40. The van der Waals surface area contributed by atoms with Crippen molar-refractivity contribution in [1.82, 2.24) is 4.98 Å². The Kier molecular flexibility index (Phi) is 6.96. The Morgan fingerprint density at radius 3 is 2.00 bits per heavy atom. The van der Waals surface area contributed by atoms with Crippen LogP contribution in [0.5, 0.6) is 0 Å². The van der Waals surface area contributed by atoms with Crippen LogP contribution in [0.3, 0.4) is 0 Å². The number of unbranched alkanes of at least 4 members (excludes halogenated alkanes) is 4. The molecule has 1 aromatic heterocycles. The molecule has 3 aliphatic rings. The van der Waals surface area contributed by atoms with Crippen LogP contribution in [0.1, 0.15) is 108 Å².